The van der Waals surface area contributed by atoms with Crippen molar-refractivity contribution in [2.75, 3.05) is 6.54 Å². The van der Waals surface area contributed by atoms with Crippen LogP contribution in [0.15, 0.2) is 10.3 Å². The number of nitrogens with zero attached hydrogens (tertiary/aromatic N) is 1. The van der Waals surface area contributed by atoms with E-state index < -0.39 is 27.4 Å². The molecule has 0 aromatic carbocycles. The molecule has 2 heterocycles. The quantitative estimate of drug-likeness (QED) is 0.908. The number of carboxylic acid groups (broad SMARTS) is 1. The normalized spacial score (nSPS) is 23.1. The monoisotopic (exact) mass is 351 g/mol. The molecular weight excluding hydrogens is 334 g/mol. The molecule has 1 aromatic heterocycles. The fourth-order valence-electron chi connectivity index (χ4n) is 2.74. The second-order valence-corrected chi connectivity index (χ2v) is 9.74. The number of carboxylic acids is 1. The summed E-state index contributed by atoms with van der Waals surface area (Å²) in [7, 11) is -3.84. The van der Waals surface area contributed by atoms with Gasteiger partial charge in [0, 0.05) is 6.54 Å². The summed E-state index contributed by atoms with van der Waals surface area (Å²) in [6, 6.07) is 0.445. The highest BCUT2D eigenvalue weighted by Crippen LogP contribution is 2.40. The number of aryl methyl sites for hydroxylation is 1. The molecule has 1 unspecified atom stereocenters. The highest BCUT2D eigenvalue weighted by Gasteiger charge is 2.48. The topological polar surface area (TPSA) is 74.7 Å². The fourth-order valence-corrected chi connectivity index (χ4v) is 6.35. The first-order chi connectivity index (χ1) is 9.57. The summed E-state index contributed by atoms with van der Waals surface area (Å²) in [5.74, 6) is -1.11. The lowest BCUT2D eigenvalue weighted by Crippen LogP contribution is -2.56. The Bertz CT molecular complexity index is 646. The number of sulfonamides is 1. The number of aliphatic carboxylic acids is 1. The molecular formula is C13H18ClNO4S2. The van der Waals surface area contributed by atoms with Crippen molar-refractivity contribution < 1.29 is 18.3 Å². The number of hydrogen-bond acceptors (Lipinski definition) is 4. The molecule has 8 heteroatoms. The summed E-state index contributed by atoms with van der Waals surface area (Å²) in [6.45, 7) is 5.53. The molecule has 1 fully saturated rings. The summed E-state index contributed by atoms with van der Waals surface area (Å²) in [5.41, 5.74) is 0.0798. The maximum atomic E-state index is 12.8. The molecule has 1 aliphatic heterocycles. The number of rotatable bonds is 3. The van der Waals surface area contributed by atoms with Gasteiger partial charge in [-0.3, -0.25) is 4.79 Å². The van der Waals surface area contributed by atoms with Crippen LogP contribution in [0, 0.1) is 12.3 Å². The van der Waals surface area contributed by atoms with Crippen LogP contribution in [0.4, 0.5) is 0 Å². The van der Waals surface area contributed by atoms with Gasteiger partial charge in [0.15, 0.2) is 0 Å². The van der Waals surface area contributed by atoms with Crippen molar-refractivity contribution >= 4 is 38.9 Å². The van der Waals surface area contributed by atoms with Crippen LogP contribution in [0.5, 0.6) is 0 Å². The van der Waals surface area contributed by atoms with Crippen molar-refractivity contribution in [1.82, 2.24) is 4.31 Å². The molecule has 5 nitrogen and oxygen atoms in total. The molecule has 1 aromatic rings. The highest BCUT2D eigenvalue weighted by atomic mass is 35.5. The van der Waals surface area contributed by atoms with Gasteiger partial charge in [-0.1, -0.05) is 25.4 Å². The predicted molar refractivity (Wildman–Crippen MR) is 82.4 cm³/mol. The van der Waals surface area contributed by atoms with Gasteiger partial charge in [0.1, 0.15) is 10.3 Å². The Hall–Kier alpha value is -0.630. The van der Waals surface area contributed by atoms with E-state index in [1.54, 1.807) is 20.8 Å². The molecule has 118 valence electrons. The number of hydrogen-bond donors (Lipinski definition) is 1. The number of piperidine rings is 1. The average Bonchev–Trinajstić information content (AvgIpc) is 2.68. The molecule has 1 atom stereocenters. The van der Waals surface area contributed by atoms with Crippen LogP contribution in [0.3, 0.4) is 0 Å². The molecule has 0 amide bonds. The van der Waals surface area contributed by atoms with Gasteiger partial charge in [0.2, 0.25) is 0 Å². The van der Waals surface area contributed by atoms with Crippen molar-refractivity contribution in [2.24, 2.45) is 5.41 Å². The van der Waals surface area contributed by atoms with E-state index in [0.717, 1.165) is 15.6 Å². The minimum atomic E-state index is -3.84. The van der Waals surface area contributed by atoms with Crippen LogP contribution in [0.1, 0.15) is 32.3 Å². The Morgan fingerprint density at radius 2 is 2.14 bits per heavy atom. The third-order valence-corrected chi connectivity index (χ3v) is 7.73. The second-order valence-electron chi connectivity index (χ2n) is 5.97. The molecule has 1 N–H and O–H groups in total. The molecule has 0 aliphatic carbocycles. The van der Waals surface area contributed by atoms with Gasteiger partial charge in [-0.2, -0.15) is 4.31 Å². The number of halogens is 1. The standard InChI is InChI=1S/C13H18ClNO4S2/c1-8-7-9(20-11(8)14)21(18,19)15-6-4-5-13(2,3)10(15)12(16)17/h7,10H,4-6H2,1-3H3,(H,16,17). The molecule has 0 saturated carbocycles. The van der Waals surface area contributed by atoms with E-state index in [1.807, 2.05) is 0 Å². The zero-order valence-corrected chi connectivity index (χ0v) is 14.5. The number of carbonyl (C=O) groups is 1. The van der Waals surface area contributed by atoms with Crippen LogP contribution < -0.4 is 0 Å². The van der Waals surface area contributed by atoms with Crippen LogP contribution in [-0.4, -0.2) is 36.4 Å². The van der Waals surface area contributed by atoms with E-state index >= 15 is 0 Å². The Balaban J connectivity index is 2.49. The van der Waals surface area contributed by atoms with Crippen LogP contribution in [-0.2, 0) is 14.8 Å². The summed E-state index contributed by atoms with van der Waals surface area (Å²) in [5, 5.41) is 9.49. The van der Waals surface area contributed by atoms with Gasteiger partial charge in [-0.25, -0.2) is 8.42 Å². The molecule has 1 saturated heterocycles. The summed E-state index contributed by atoms with van der Waals surface area (Å²) in [6.07, 6.45) is 1.33. The van der Waals surface area contributed by atoms with Crippen LogP contribution in [0.2, 0.25) is 4.34 Å². The highest BCUT2D eigenvalue weighted by molar-refractivity contribution is 7.91. The van der Waals surface area contributed by atoms with Crippen molar-refractivity contribution in [1.29, 1.82) is 0 Å². The molecule has 2 rings (SSSR count). The van der Waals surface area contributed by atoms with E-state index in [1.165, 1.54) is 6.07 Å². The van der Waals surface area contributed by atoms with Gasteiger partial charge in [-0.05, 0) is 36.8 Å². The minimum absolute atomic E-state index is 0.106. The smallest absolute Gasteiger partial charge is 0.322 e. The lowest BCUT2D eigenvalue weighted by atomic mass is 9.77. The summed E-state index contributed by atoms with van der Waals surface area (Å²) >= 11 is 6.92. The minimum Gasteiger partial charge on any atom is -0.480 e. The van der Waals surface area contributed by atoms with Gasteiger partial charge in [-0.15, -0.1) is 11.3 Å². The average molecular weight is 352 g/mol. The molecule has 1 aliphatic rings. The van der Waals surface area contributed by atoms with Gasteiger partial charge < -0.3 is 5.11 Å². The third-order valence-electron chi connectivity index (χ3n) is 3.86. The van der Waals surface area contributed by atoms with Crippen LogP contribution >= 0.6 is 22.9 Å². The molecule has 0 radical (unpaired) electrons. The van der Waals surface area contributed by atoms with Gasteiger partial charge in [0.25, 0.3) is 10.0 Å². The number of thiophene rings is 1. The third kappa shape index (κ3) is 2.97. The molecule has 0 spiro atoms. The summed E-state index contributed by atoms with van der Waals surface area (Å²) < 4.78 is 27.2. The zero-order valence-electron chi connectivity index (χ0n) is 12.1. The molecule has 0 bridgehead atoms. The first-order valence-electron chi connectivity index (χ1n) is 6.58. The maximum absolute atomic E-state index is 12.8. The Kier molecular flexibility index (Phi) is 4.41. The largest absolute Gasteiger partial charge is 0.480 e. The van der Waals surface area contributed by atoms with E-state index in [4.69, 9.17) is 11.6 Å². The van der Waals surface area contributed by atoms with Crippen molar-refractivity contribution in [3.8, 4) is 0 Å². The SMILES string of the molecule is Cc1cc(S(=O)(=O)N2CCCC(C)(C)C2C(=O)O)sc1Cl. The zero-order chi connectivity index (χ0) is 16.0. The maximum Gasteiger partial charge on any atom is 0.322 e. The predicted octanol–water partition coefficient (Wildman–Crippen LogP) is 2.97. The van der Waals surface area contributed by atoms with Gasteiger partial charge in [0.05, 0.1) is 4.34 Å². The van der Waals surface area contributed by atoms with Crippen LogP contribution in [0.25, 0.3) is 0 Å². The Morgan fingerprint density at radius 1 is 1.52 bits per heavy atom. The van der Waals surface area contributed by atoms with Crippen molar-refractivity contribution in [2.45, 2.75) is 43.9 Å². The Morgan fingerprint density at radius 3 is 2.62 bits per heavy atom. The fraction of sp³-hybridized carbons (Fsp3) is 0.615. The first-order valence-corrected chi connectivity index (χ1v) is 9.21. The second kappa shape index (κ2) is 5.53. The lowest BCUT2D eigenvalue weighted by Gasteiger charge is -2.42. The van der Waals surface area contributed by atoms with E-state index in [9.17, 15) is 18.3 Å². The molecule has 21 heavy (non-hydrogen) atoms. The van der Waals surface area contributed by atoms with Crippen molar-refractivity contribution in [3.63, 3.8) is 0 Å². The Labute approximate surface area is 133 Å². The lowest BCUT2D eigenvalue weighted by molar-refractivity contribution is -0.147. The van der Waals surface area contributed by atoms with E-state index in [2.05, 4.69) is 0 Å². The van der Waals surface area contributed by atoms with E-state index in [-0.39, 0.29) is 10.8 Å². The van der Waals surface area contributed by atoms with E-state index in [0.29, 0.717) is 22.7 Å². The summed E-state index contributed by atoms with van der Waals surface area (Å²) in [4.78, 5) is 11.6. The van der Waals surface area contributed by atoms with Gasteiger partial charge >= 0.3 is 5.97 Å². The van der Waals surface area contributed by atoms with Crippen molar-refractivity contribution in [3.05, 3.63) is 16.0 Å². The first kappa shape index (κ1) is 16.7.